The number of ether oxygens (including phenoxy) is 1. The second kappa shape index (κ2) is 9.64. The van der Waals surface area contributed by atoms with E-state index in [2.05, 4.69) is 4.99 Å². The van der Waals surface area contributed by atoms with E-state index in [0.29, 0.717) is 27.4 Å². The minimum atomic E-state index is -0.336. The second-order valence-electron chi connectivity index (χ2n) is 8.13. The molecule has 2 aliphatic heterocycles. The molecular formula is C26H22ClN3O4S. The van der Waals surface area contributed by atoms with Crippen molar-refractivity contribution in [1.29, 1.82) is 0 Å². The van der Waals surface area contributed by atoms with Gasteiger partial charge in [-0.05, 0) is 55.3 Å². The van der Waals surface area contributed by atoms with Gasteiger partial charge in [0, 0.05) is 17.8 Å². The maximum absolute atomic E-state index is 13.3. The summed E-state index contributed by atoms with van der Waals surface area (Å²) in [6, 6.07) is 16.5. The molecule has 5 rings (SSSR count). The highest BCUT2D eigenvalue weighted by Crippen LogP contribution is 2.36. The van der Waals surface area contributed by atoms with Crippen molar-refractivity contribution in [1.82, 2.24) is 0 Å². The number of rotatable bonds is 5. The van der Waals surface area contributed by atoms with Gasteiger partial charge in [0.1, 0.15) is 17.2 Å². The Morgan fingerprint density at radius 2 is 2.09 bits per heavy atom. The summed E-state index contributed by atoms with van der Waals surface area (Å²) in [6.45, 7) is 2.04. The Hall–Kier alpha value is -3.49. The Morgan fingerprint density at radius 3 is 2.83 bits per heavy atom. The molecule has 0 saturated heterocycles. The lowest BCUT2D eigenvalue weighted by Gasteiger charge is -2.23. The molecule has 0 bridgehead atoms. The van der Waals surface area contributed by atoms with E-state index in [9.17, 15) is 9.59 Å². The van der Waals surface area contributed by atoms with Crippen LogP contribution in [0.4, 0.5) is 11.4 Å². The smallest absolute Gasteiger partial charge is 0.283 e. The average Bonchev–Trinajstić information content (AvgIpc) is 3.55. The SMILES string of the molecule is COc1ccc(N2C(=O)/C(=C/c3ccco3)N=C2SCC(=O)N2c3ccccc3C[C@H]2C)cc1Cl. The summed E-state index contributed by atoms with van der Waals surface area (Å²) in [5, 5.41) is 0.756. The first-order valence-corrected chi connectivity index (χ1v) is 12.4. The number of furan rings is 1. The van der Waals surface area contributed by atoms with Crippen molar-refractivity contribution >= 4 is 57.8 Å². The third-order valence-electron chi connectivity index (χ3n) is 5.85. The van der Waals surface area contributed by atoms with Crippen molar-refractivity contribution in [2.45, 2.75) is 19.4 Å². The first-order chi connectivity index (χ1) is 17.0. The molecule has 0 aliphatic carbocycles. The zero-order chi connectivity index (χ0) is 24.5. The molecule has 0 unspecified atom stereocenters. The molecule has 7 nitrogen and oxygen atoms in total. The van der Waals surface area contributed by atoms with Gasteiger partial charge in [0.25, 0.3) is 5.91 Å². The number of aliphatic imine (C=N–C) groups is 1. The summed E-state index contributed by atoms with van der Waals surface area (Å²) in [6.07, 6.45) is 3.92. The number of amides is 2. The Labute approximate surface area is 212 Å². The Kier molecular flexibility index (Phi) is 6.40. The van der Waals surface area contributed by atoms with Crippen LogP contribution >= 0.6 is 23.4 Å². The minimum absolute atomic E-state index is 0.0428. The third-order valence-corrected chi connectivity index (χ3v) is 7.06. The van der Waals surface area contributed by atoms with E-state index in [0.717, 1.165) is 17.7 Å². The number of benzene rings is 2. The maximum atomic E-state index is 13.3. The van der Waals surface area contributed by atoms with Crippen molar-refractivity contribution in [3.63, 3.8) is 0 Å². The quantitative estimate of drug-likeness (QED) is 0.432. The molecule has 0 radical (unpaired) electrons. The molecule has 0 spiro atoms. The largest absolute Gasteiger partial charge is 0.495 e. The number of thioether (sulfide) groups is 1. The number of carbonyl (C=O) groups excluding carboxylic acids is 2. The van der Waals surface area contributed by atoms with E-state index in [1.807, 2.05) is 36.1 Å². The standard InChI is InChI=1S/C26H22ClN3O4S/c1-16-12-17-6-3-4-8-22(17)29(16)24(31)15-35-26-28-21(14-19-7-5-11-34-19)25(32)30(26)18-9-10-23(33-2)20(27)13-18/h3-11,13-14,16H,12,15H2,1-2H3/b21-14-/t16-/m1/s1. The molecule has 3 aromatic rings. The number of hydrogen-bond donors (Lipinski definition) is 0. The highest BCUT2D eigenvalue weighted by molar-refractivity contribution is 8.14. The monoisotopic (exact) mass is 507 g/mol. The van der Waals surface area contributed by atoms with Crippen LogP contribution in [-0.4, -0.2) is 35.9 Å². The van der Waals surface area contributed by atoms with Crippen molar-refractivity contribution in [3.05, 3.63) is 82.9 Å². The predicted molar refractivity (Wildman–Crippen MR) is 139 cm³/mol. The molecule has 35 heavy (non-hydrogen) atoms. The Bertz CT molecular complexity index is 1350. The summed E-state index contributed by atoms with van der Waals surface area (Å²) in [7, 11) is 1.53. The van der Waals surface area contributed by atoms with Gasteiger partial charge in [-0.3, -0.25) is 14.5 Å². The number of amidine groups is 1. The zero-order valence-corrected chi connectivity index (χ0v) is 20.7. The van der Waals surface area contributed by atoms with E-state index < -0.39 is 0 Å². The van der Waals surface area contributed by atoms with E-state index >= 15 is 0 Å². The summed E-state index contributed by atoms with van der Waals surface area (Å²) in [4.78, 5) is 34.4. The van der Waals surface area contributed by atoms with Crippen LogP contribution < -0.4 is 14.5 Å². The molecule has 9 heteroatoms. The van der Waals surface area contributed by atoms with Gasteiger partial charge in [0.05, 0.1) is 29.8 Å². The summed E-state index contributed by atoms with van der Waals surface area (Å²) >= 11 is 7.55. The van der Waals surface area contributed by atoms with Gasteiger partial charge in [-0.2, -0.15) is 0 Å². The van der Waals surface area contributed by atoms with Crippen LogP contribution in [0.5, 0.6) is 5.75 Å². The Morgan fingerprint density at radius 1 is 1.26 bits per heavy atom. The zero-order valence-electron chi connectivity index (χ0n) is 19.1. The number of fused-ring (bicyclic) bond motifs is 1. The van der Waals surface area contributed by atoms with Crippen LogP contribution in [0.2, 0.25) is 5.02 Å². The number of carbonyl (C=O) groups is 2. The molecule has 2 amide bonds. The number of halogens is 1. The highest BCUT2D eigenvalue weighted by atomic mass is 35.5. The predicted octanol–water partition coefficient (Wildman–Crippen LogP) is 5.40. The van der Waals surface area contributed by atoms with Gasteiger partial charge >= 0.3 is 0 Å². The normalized spacial score (nSPS) is 18.3. The van der Waals surface area contributed by atoms with Gasteiger partial charge in [0.15, 0.2) is 5.17 Å². The highest BCUT2D eigenvalue weighted by Gasteiger charge is 2.35. The van der Waals surface area contributed by atoms with E-state index in [-0.39, 0.29) is 29.3 Å². The van der Waals surface area contributed by atoms with Gasteiger partial charge in [-0.25, -0.2) is 4.99 Å². The van der Waals surface area contributed by atoms with E-state index in [1.165, 1.54) is 30.0 Å². The molecular weight excluding hydrogens is 486 g/mol. The molecule has 1 atom stereocenters. The lowest BCUT2D eigenvalue weighted by Crippen LogP contribution is -2.38. The Balaban J connectivity index is 1.43. The topological polar surface area (TPSA) is 75.3 Å². The fourth-order valence-electron chi connectivity index (χ4n) is 4.26. The van der Waals surface area contributed by atoms with Crippen LogP contribution in [0.15, 0.2) is 76.0 Å². The summed E-state index contributed by atoms with van der Waals surface area (Å²) in [5.74, 6) is 0.751. The van der Waals surface area contributed by atoms with Crippen LogP contribution in [0, 0.1) is 0 Å². The molecule has 178 valence electrons. The van der Waals surface area contributed by atoms with Gasteiger partial charge < -0.3 is 14.1 Å². The van der Waals surface area contributed by atoms with Crippen molar-refractivity contribution in [2.75, 3.05) is 22.7 Å². The van der Waals surface area contributed by atoms with Gasteiger partial charge in [-0.15, -0.1) is 0 Å². The fourth-order valence-corrected chi connectivity index (χ4v) is 5.39. The summed E-state index contributed by atoms with van der Waals surface area (Å²) in [5.41, 5.74) is 2.83. The molecule has 0 saturated carbocycles. The minimum Gasteiger partial charge on any atom is -0.495 e. The molecule has 0 fully saturated rings. The van der Waals surface area contributed by atoms with Crippen molar-refractivity contribution in [3.8, 4) is 5.75 Å². The summed E-state index contributed by atoms with van der Waals surface area (Å²) < 4.78 is 10.6. The maximum Gasteiger partial charge on any atom is 0.283 e. The molecule has 1 aromatic heterocycles. The molecule has 2 aromatic carbocycles. The van der Waals surface area contributed by atoms with E-state index in [4.69, 9.17) is 20.8 Å². The van der Waals surface area contributed by atoms with Crippen LogP contribution in [0.3, 0.4) is 0 Å². The van der Waals surface area contributed by atoms with Gasteiger partial charge in [0.2, 0.25) is 5.91 Å². The number of hydrogen-bond acceptors (Lipinski definition) is 6. The van der Waals surface area contributed by atoms with Gasteiger partial charge in [-0.1, -0.05) is 41.6 Å². The van der Waals surface area contributed by atoms with Crippen molar-refractivity contribution < 1.29 is 18.7 Å². The second-order valence-corrected chi connectivity index (χ2v) is 9.48. The van der Waals surface area contributed by atoms with Crippen LogP contribution in [-0.2, 0) is 16.0 Å². The number of methoxy groups -OCH3 is 1. The van der Waals surface area contributed by atoms with Crippen LogP contribution in [0.25, 0.3) is 6.08 Å². The number of para-hydroxylation sites is 1. The number of anilines is 2. The third kappa shape index (κ3) is 4.47. The lowest BCUT2D eigenvalue weighted by molar-refractivity contribution is -0.116. The first-order valence-electron chi connectivity index (χ1n) is 11.0. The van der Waals surface area contributed by atoms with Crippen LogP contribution in [0.1, 0.15) is 18.2 Å². The lowest BCUT2D eigenvalue weighted by atomic mass is 10.1. The van der Waals surface area contributed by atoms with Crippen molar-refractivity contribution in [2.24, 2.45) is 4.99 Å². The molecule has 2 aliphatic rings. The first kappa shape index (κ1) is 23.3. The molecule has 3 heterocycles. The average molecular weight is 508 g/mol. The fraction of sp³-hybridized carbons (Fsp3) is 0.192. The molecule has 0 N–H and O–H groups in total. The number of nitrogens with zero attached hydrogens (tertiary/aromatic N) is 3. The van der Waals surface area contributed by atoms with E-state index in [1.54, 1.807) is 36.4 Å².